The zero-order valence-electron chi connectivity index (χ0n) is 32.1. The average Bonchev–Trinajstić information content (AvgIpc) is 3.24. The van der Waals surface area contributed by atoms with Crippen LogP contribution in [0.3, 0.4) is 0 Å². The van der Waals surface area contributed by atoms with Crippen molar-refractivity contribution in [2.45, 2.75) is 22.9 Å². The van der Waals surface area contributed by atoms with Gasteiger partial charge in [-0.05, 0) is 84.9 Å². The summed E-state index contributed by atoms with van der Waals surface area (Å²) in [6.45, 7) is 1.62. The smallest absolute Gasteiger partial charge is 0.214 e. The lowest BCUT2D eigenvalue weighted by atomic mass is 10.1. The Morgan fingerprint density at radius 1 is 0.448 bits per heavy atom. The molecule has 0 radical (unpaired) electrons. The SMILES string of the molecule is CN(c1ccc(Cl)cc1)c1cc[n+](Cc2ccc(SCCSc3ccc(C[n+]4ccc(N(C)c5ccc(Cl)cc5)c5ccccc54)cc3)cc2)c2ccccc12.[Br-].[Br-]. The second-order valence-electron chi connectivity index (χ2n) is 13.7. The first-order chi connectivity index (χ1) is 27.4. The van der Waals surface area contributed by atoms with E-state index in [1.807, 2.05) is 47.8 Å². The maximum absolute atomic E-state index is 6.15. The van der Waals surface area contributed by atoms with Gasteiger partial charge in [0.2, 0.25) is 11.0 Å². The third kappa shape index (κ3) is 10.2. The number of rotatable bonds is 13. The Bertz CT molecular complexity index is 2410. The molecule has 2 aromatic heterocycles. The summed E-state index contributed by atoms with van der Waals surface area (Å²) in [6.07, 6.45) is 4.38. The van der Waals surface area contributed by atoms with Crippen LogP contribution in [-0.4, -0.2) is 25.6 Å². The molecule has 0 bridgehead atoms. The van der Waals surface area contributed by atoms with Crippen LogP contribution in [0.25, 0.3) is 21.8 Å². The van der Waals surface area contributed by atoms with Gasteiger partial charge in [0.15, 0.2) is 25.5 Å². The summed E-state index contributed by atoms with van der Waals surface area (Å²) in [6, 6.07) is 55.7. The molecule has 4 nitrogen and oxygen atoms in total. The van der Waals surface area contributed by atoms with Crippen LogP contribution in [0, 0.1) is 0 Å². The molecule has 0 spiro atoms. The first kappa shape index (κ1) is 43.6. The Morgan fingerprint density at radius 3 is 1.19 bits per heavy atom. The highest BCUT2D eigenvalue weighted by Gasteiger charge is 2.18. The number of benzene rings is 6. The van der Waals surface area contributed by atoms with Crippen LogP contribution in [0.1, 0.15) is 11.1 Å². The molecule has 0 amide bonds. The van der Waals surface area contributed by atoms with Gasteiger partial charge in [-0.15, -0.1) is 23.5 Å². The molecular weight excluding hydrogens is 927 g/mol. The van der Waals surface area contributed by atoms with Crippen molar-refractivity contribution in [3.05, 3.63) is 191 Å². The lowest BCUT2D eigenvalue weighted by Crippen LogP contribution is -3.00. The van der Waals surface area contributed by atoms with E-state index in [0.717, 1.165) is 57.4 Å². The van der Waals surface area contributed by atoms with Crippen molar-refractivity contribution < 1.29 is 43.1 Å². The molecule has 6 aromatic carbocycles. The first-order valence-corrected chi connectivity index (χ1v) is 21.4. The van der Waals surface area contributed by atoms with E-state index in [-0.39, 0.29) is 34.0 Å². The Morgan fingerprint density at radius 2 is 0.810 bits per heavy atom. The van der Waals surface area contributed by atoms with E-state index >= 15 is 0 Å². The fraction of sp³-hybridized carbons (Fsp3) is 0.125. The largest absolute Gasteiger partial charge is 1.00 e. The summed E-state index contributed by atoms with van der Waals surface area (Å²) in [5.41, 5.74) is 9.49. The van der Waals surface area contributed by atoms with Gasteiger partial charge in [0, 0.05) is 92.2 Å². The third-order valence-corrected chi connectivity index (χ3v) is 12.9. The molecule has 294 valence electrons. The van der Waals surface area contributed by atoms with E-state index < -0.39 is 0 Å². The number of hydrogen-bond donors (Lipinski definition) is 0. The molecule has 0 saturated heterocycles. The molecule has 8 aromatic rings. The number of pyridine rings is 2. The quantitative estimate of drug-likeness (QED) is 0.0756. The van der Waals surface area contributed by atoms with Crippen molar-refractivity contribution in [1.29, 1.82) is 0 Å². The number of aromatic nitrogens is 2. The van der Waals surface area contributed by atoms with Crippen molar-refractivity contribution >= 4 is 91.3 Å². The number of fused-ring (bicyclic) bond motifs is 2. The van der Waals surface area contributed by atoms with Crippen molar-refractivity contribution in [1.82, 2.24) is 0 Å². The highest BCUT2D eigenvalue weighted by molar-refractivity contribution is 8.03. The van der Waals surface area contributed by atoms with Crippen LogP contribution in [0.2, 0.25) is 10.0 Å². The van der Waals surface area contributed by atoms with Gasteiger partial charge in [-0.25, -0.2) is 0 Å². The molecule has 8 rings (SSSR count). The number of hydrogen-bond acceptors (Lipinski definition) is 4. The molecule has 0 aliphatic heterocycles. The van der Waals surface area contributed by atoms with E-state index in [1.54, 1.807) is 0 Å². The fourth-order valence-electron chi connectivity index (χ4n) is 7.11. The number of halogens is 4. The minimum atomic E-state index is 0. The van der Waals surface area contributed by atoms with E-state index in [2.05, 4.69) is 179 Å². The van der Waals surface area contributed by atoms with Crippen LogP contribution in [0.15, 0.2) is 180 Å². The summed E-state index contributed by atoms with van der Waals surface area (Å²) in [4.78, 5) is 7.03. The molecule has 0 aliphatic rings. The van der Waals surface area contributed by atoms with E-state index in [1.165, 1.54) is 42.7 Å². The number of nitrogens with zero attached hydrogens (tertiary/aromatic N) is 4. The summed E-state index contributed by atoms with van der Waals surface area (Å²) in [5.74, 6) is 2.10. The minimum absolute atomic E-state index is 0. The van der Waals surface area contributed by atoms with Crippen molar-refractivity contribution in [3.8, 4) is 0 Å². The van der Waals surface area contributed by atoms with Crippen molar-refractivity contribution in [3.63, 3.8) is 0 Å². The summed E-state index contributed by atoms with van der Waals surface area (Å²) < 4.78 is 4.66. The Labute approximate surface area is 381 Å². The zero-order valence-corrected chi connectivity index (χ0v) is 38.4. The average molecular weight is 970 g/mol. The molecule has 2 heterocycles. The molecule has 0 aliphatic carbocycles. The molecule has 0 N–H and O–H groups in total. The second kappa shape index (κ2) is 20.3. The summed E-state index contributed by atoms with van der Waals surface area (Å²) in [7, 11) is 4.21. The Hall–Kier alpha value is -4.02. The molecule has 10 heteroatoms. The molecule has 0 atom stereocenters. The van der Waals surface area contributed by atoms with Gasteiger partial charge in [-0.1, -0.05) is 71.7 Å². The third-order valence-electron chi connectivity index (χ3n) is 10.1. The van der Waals surface area contributed by atoms with Gasteiger partial charge in [-0.2, -0.15) is 9.13 Å². The van der Waals surface area contributed by atoms with Gasteiger partial charge < -0.3 is 43.8 Å². The van der Waals surface area contributed by atoms with Crippen LogP contribution in [0.5, 0.6) is 0 Å². The van der Waals surface area contributed by atoms with Crippen LogP contribution >= 0.6 is 46.7 Å². The normalized spacial score (nSPS) is 10.9. The zero-order chi connectivity index (χ0) is 38.4. The molecular formula is C48H42Br2Cl2N4S2. The second-order valence-corrected chi connectivity index (χ2v) is 17.0. The standard InChI is InChI=1S/C48H42Cl2N4S2.2BrH/c1-51(39-19-15-37(49)16-20-39)45-27-29-53(47-9-5-3-7-43(45)47)33-35-11-23-41(24-12-35)55-31-32-56-42-25-13-36(14-26-42)34-54-30-28-46(44-8-4-6-10-48(44)54)52(2)40-21-17-38(50)18-22-40;;/h3-30H,31-34H2,1-2H3;2*1H/q+2;;/p-2. The van der Waals surface area contributed by atoms with Gasteiger partial charge >= 0.3 is 0 Å². The predicted octanol–water partition coefficient (Wildman–Crippen LogP) is 6.40. The Balaban J connectivity index is 0.00000283. The molecule has 0 saturated carbocycles. The van der Waals surface area contributed by atoms with Gasteiger partial charge in [-0.3, -0.25) is 0 Å². The van der Waals surface area contributed by atoms with E-state index in [4.69, 9.17) is 23.2 Å². The monoisotopic (exact) mass is 966 g/mol. The minimum Gasteiger partial charge on any atom is -1.00 e. The van der Waals surface area contributed by atoms with E-state index in [0.29, 0.717) is 0 Å². The first-order valence-electron chi connectivity index (χ1n) is 18.6. The number of para-hydroxylation sites is 2. The van der Waals surface area contributed by atoms with E-state index in [9.17, 15) is 0 Å². The van der Waals surface area contributed by atoms with Gasteiger partial charge in [0.05, 0.1) is 22.1 Å². The van der Waals surface area contributed by atoms with Gasteiger partial charge in [0.25, 0.3) is 0 Å². The summed E-state index contributed by atoms with van der Waals surface area (Å²) in [5, 5.41) is 3.91. The lowest BCUT2D eigenvalue weighted by Gasteiger charge is -2.20. The maximum atomic E-state index is 6.15. The van der Waals surface area contributed by atoms with Gasteiger partial charge in [0.1, 0.15) is 0 Å². The van der Waals surface area contributed by atoms with Crippen LogP contribution < -0.4 is 52.9 Å². The highest BCUT2D eigenvalue weighted by Crippen LogP contribution is 2.32. The van der Waals surface area contributed by atoms with Crippen LogP contribution in [0.4, 0.5) is 22.7 Å². The highest BCUT2D eigenvalue weighted by atomic mass is 79.9. The maximum Gasteiger partial charge on any atom is 0.214 e. The fourth-order valence-corrected chi connectivity index (χ4v) is 9.15. The van der Waals surface area contributed by atoms with Crippen LogP contribution in [-0.2, 0) is 13.1 Å². The molecule has 0 unspecified atom stereocenters. The number of thioether (sulfide) groups is 2. The number of anilines is 4. The topological polar surface area (TPSA) is 14.2 Å². The van der Waals surface area contributed by atoms with Crippen molar-refractivity contribution in [2.24, 2.45) is 0 Å². The molecule has 0 fully saturated rings. The van der Waals surface area contributed by atoms with Crippen molar-refractivity contribution in [2.75, 3.05) is 35.4 Å². The predicted molar refractivity (Wildman–Crippen MR) is 240 cm³/mol. The lowest BCUT2D eigenvalue weighted by molar-refractivity contribution is -0.662. The Kier molecular flexibility index (Phi) is 15.2. The summed E-state index contributed by atoms with van der Waals surface area (Å²) >= 11 is 16.1. The molecule has 58 heavy (non-hydrogen) atoms.